The average molecular weight is 281 g/mol. The Labute approximate surface area is 129 Å². The normalized spacial score (nSPS) is 12.4. The van der Waals surface area contributed by atoms with Crippen molar-refractivity contribution >= 4 is 5.69 Å². The molecule has 0 saturated carbocycles. The highest BCUT2D eigenvalue weighted by atomic mass is 14.9. The van der Waals surface area contributed by atoms with Crippen LogP contribution in [0.25, 0.3) is 0 Å². The first-order valence-electron chi connectivity index (χ1n) is 8.02. The van der Waals surface area contributed by atoms with Gasteiger partial charge in [0.25, 0.3) is 0 Å². The molecule has 2 aromatic carbocycles. The number of hydrogen-bond donors (Lipinski definition) is 1. The van der Waals surface area contributed by atoms with Crippen molar-refractivity contribution in [2.24, 2.45) is 0 Å². The van der Waals surface area contributed by atoms with Crippen LogP contribution in [-0.4, -0.2) is 0 Å². The third-order valence-corrected chi connectivity index (χ3v) is 4.24. The number of rotatable bonds is 6. The number of benzene rings is 2. The van der Waals surface area contributed by atoms with Crippen LogP contribution in [0.1, 0.15) is 62.6 Å². The fourth-order valence-electron chi connectivity index (χ4n) is 2.39. The van der Waals surface area contributed by atoms with Crippen LogP contribution in [0.4, 0.5) is 5.69 Å². The molecule has 0 fully saturated rings. The molecular weight excluding hydrogens is 254 g/mol. The molecule has 0 spiro atoms. The molecule has 1 nitrogen and oxygen atoms in total. The van der Waals surface area contributed by atoms with E-state index >= 15 is 0 Å². The number of anilines is 1. The van der Waals surface area contributed by atoms with Crippen LogP contribution in [0.3, 0.4) is 0 Å². The second-order valence-corrected chi connectivity index (χ2v) is 6.18. The standard InChI is InChI=1S/C20H27N/c1-5-16(4)19-10-12-20(13-11-19)21-14-17-6-8-18(9-7-17)15(2)3/h6-13,15-16,21H,5,14H2,1-4H3. The third kappa shape index (κ3) is 4.35. The van der Waals surface area contributed by atoms with Crippen LogP contribution in [0.5, 0.6) is 0 Å². The second kappa shape index (κ2) is 7.31. The fraction of sp³-hybridized carbons (Fsp3) is 0.400. The molecule has 112 valence electrons. The molecule has 0 heterocycles. The van der Waals surface area contributed by atoms with Crippen molar-refractivity contribution in [3.05, 3.63) is 65.2 Å². The van der Waals surface area contributed by atoms with Gasteiger partial charge in [0, 0.05) is 12.2 Å². The summed E-state index contributed by atoms with van der Waals surface area (Å²) >= 11 is 0. The Morgan fingerprint density at radius 2 is 1.38 bits per heavy atom. The summed E-state index contributed by atoms with van der Waals surface area (Å²) in [6.45, 7) is 9.84. The summed E-state index contributed by atoms with van der Waals surface area (Å²) in [5, 5.41) is 3.49. The monoisotopic (exact) mass is 281 g/mol. The highest BCUT2D eigenvalue weighted by Crippen LogP contribution is 2.21. The minimum absolute atomic E-state index is 0.597. The highest BCUT2D eigenvalue weighted by Gasteiger charge is 2.02. The molecule has 0 aliphatic carbocycles. The van der Waals surface area contributed by atoms with E-state index in [1.807, 2.05) is 0 Å². The Bertz CT molecular complexity index is 537. The minimum Gasteiger partial charge on any atom is -0.381 e. The quantitative estimate of drug-likeness (QED) is 0.691. The average Bonchev–Trinajstić information content (AvgIpc) is 2.53. The maximum Gasteiger partial charge on any atom is 0.0400 e. The molecule has 2 rings (SSSR count). The predicted octanol–water partition coefficient (Wildman–Crippen LogP) is 5.94. The van der Waals surface area contributed by atoms with Gasteiger partial charge >= 0.3 is 0 Å². The first kappa shape index (κ1) is 15.6. The summed E-state index contributed by atoms with van der Waals surface area (Å²) in [5.41, 5.74) is 5.33. The topological polar surface area (TPSA) is 12.0 Å². The minimum atomic E-state index is 0.597. The summed E-state index contributed by atoms with van der Waals surface area (Å²) in [6.07, 6.45) is 1.19. The largest absolute Gasteiger partial charge is 0.381 e. The lowest BCUT2D eigenvalue weighted by atomic mass is 9.98. The van der Waals surface area contributed by atoms with Crippen molar-refractivity contribution in [2.45, 2.75) is 52.5 Å². The van der Waals surface area contributed by atoms with E-state index in [1.54, 1.807) is 0 Å². The van der Waals surface area contributed by atoms with Gasteiger partial charge in [-0.05, 0) is 47.1 Å². The van der Waals surface area contributed by atoms with E-state index in [2.05, 4.69) is 81.5 Å². The Kier molecular flexibility index (Phi) is 5.44. The summed E-state index contributed by atoms with van der Waals surface area (Å²) in [5.74, 6) is 1.24. The summed E-state index contributed by atoms with van der Waals surface area (Å²) in [7, 11) is 0. The van der Waals surface area contributed by atoms with Crippen molar-refractivity contribution in [1.82, 2.24) is 0 Å². The number of nitrogens with one attached hydrogen (secondary N) is 1. The molecule has 0 bridgehead atoms. The van der Waals surface area contributed by atoms with Gasteiger partial charge in [-0.3, -0.25) is 0 Å². The Morgan fingerprint density at radius 3 is 1.90 bits per heavy atom. The van der Waals surface area contributed by atoms with E-state index in [0.717, 1.165) is 6.54 Å². The maximum absolute atomic E-state index is 3.49. The van der Waals surface area contributed by atoms with E-state index in [0.29, 0.717) is 11.8 Å². The first-order chi connectivity index (χ1) is 10.1. The van der Waals surface area contributed by atoms with Gasteiger partial charge in [-0.2, -0.15) is 0 Å². The van der Waals surface area contributed by atoms with Crippen molar-refractivity contribution < 1.29 is 0 Å². The van der Waals surface area contributed by atoms with Gasteiger partial charge in [-0.1, -0.05) is 64.1 Å². The molecule has 1 heteroatoms. The summed E-state index contributed by atoms with van der Waals surface area (Å²) < 4.78 is 0. The molecule has 0 amide bonds. The molecule has 1 unspecified atom stereocenters. The molecular formula is C20H27N. The van der Waals surface area contributed by atoms with Crippen molar-refractivity contribution in [3.63, 3.8) is 0 Å². The third-order valence-electron chi connectivity index (χ3n) is 4.24. The molecule has 0 aliphatic rings. The molecule has 21 heavy (non-hydrogen) atoms. The lowest BCUT2D eigenvalue weighted by molar-refractivity contribution is 0.734. The Hall–Kier alpha value is -1.76. The predicted molar refractivity (Wildman–Crippen MR) is 93.0 cm³/mol. The van der Waals surface area contributed by atoms with Gasteiger partial charge in [-0.25, -0.2) is 0 Å². The molecule has 1 atom stereocenters. The van der Waals surface area contributed by atoms with Crippen LogP contribution >= 0.6 is 0 Å². The zero-order chi connectivity index (χ0) is 15.2. The van der Waals surface area contributed by atoms with Gasteiger partial charge in [0.2, 0.25) is 0 Å². The van der Waals surface area contributed by atoms with E-state index in [-0.39, 0.29) is 0 Å². The molecule has 0 aromatic heterocycles. The molecule has 0 aliphatic heterocycles. The zero-order valence-electron chi connectivity index (χ0n) is 13.7. The van der Waals surface area contributed by atoms with Crippen LogP contribution in [0.2, 0.25) is 0 Å². The molecule has 1 N–H and O–H groups in total. The van der Waals surface area contributed by atoms with Crippen LogP contribution < -0.4 is 5.32 Å². The van der Waals surface area contributed by atoms with E-state index in [9.17, 15) is 0 Å². The smallest absolute Gasteiger partial charge is 0.0400 e. The Balaban J connectivity index is 1.93. The molecule has 0 saturated heterocycles. The van der Waals surface area contributed by atoms with Gasteiger partial charge < -0.3 is 5.32 Å². The maximum atomic E-state index is 3.49. The second-order valence-electron chi connectivity index (χ2n) is 6.18. The van der Waals surface area contributed by atoms with E-state index in [4.69, 9.17) is 0 Å². The van der Waals surface area contributed by atoms with Crippen molar-refractivity contribution in [3.8, 4) is 0 Å². The van der Waals surface area contributed by atoms with Gasteiger partial charge in [-0.15, -0.1) is 0 Å². The Morgan fingerprint density at radius 1 is 0.810 bits per heavy atom. The summed E-state index contributed by atoms with van der Waals surface area (Å²) in [4.78, 5) is 0. The van der Waals surface area contributed by atoms with Gasteiger partial charge in [0.1, 0.15) is 0 Å². The fourth-order valence-corrected chi connectivity index (χ4v) is 2.39. The van der Waals surface area contributed by atoms with Gasteiger partial charge in [0.05, 0.1) is 0 Å². The zero-order valence-corrected chi connectivity index (χ0v) is 13.7. The lowest BCUT2D eigenvalue weighted by Gasteiger charge is -2.12. The highest BCUT2D eigenvalue weighted by molar-refractivity contribution is 5.45. The van der Waals surface area contributed by atoms with E-state index in [1.165, 1.54) is 28.8 Å². The van der Waals surface area contributed by atoms with Gasteiger partial charge in [0.15, 0.2) is 0 Å². The van der Waals surface area contributed by atoms with E-state index < -0.39 is 0 Å². The molecule has 0 radical (unpaired) electrons. The van der Waals surface area contributed by atoms with Crippen molar-refractivity contribution in [2.75, 3.05) is 5.32 Å². The molecule has 2 aromatic rings. The van der Waals surface area contributed by atoms with Crippen LogP contribution in [0.15, 0.2) is 48.5 Å². The number of hydrogen-bond acceptors (Lipinski definition) is 1. The summed E-state index contributed by atoms with van der Waals surface area (Å²) in [6, 6.07) is 17.7. The lowest BCUT2D eigenvalue weighted by Crippen LogP contribution is -2.00. The van der Waals surface area contributed by atoms with Crippen LogP contribution in [0, 0.1) is 0 Å². The van der Waals surface area contributed by atoms with Crippen LogP contribution in [-0.2, 0) is 6.54 Å². The first-order valence-corrected chi connectivity index (χ1v) is 8.02. The van der Waals surface area contributed by atoms with Crippen molar-refractivity contribution in [1.29, 1.82) is 0 Å². The SMILES string of the molecule is CCC(C)c1ccc(NCc2ccc(C(C)C)cc2)cc1.